The molecule has 8 nitrogen and oxygen atoms in total. The van der Waals surface area contributed by atoms with Gasteiger partial charge in [0.05, 0.1) is 6.54 Å². The van der Waals surface area contributed by atoms with Crippen molar-refractivity contribution in [3.8, 4) is 0 Å². The summed E-state index contributed by atoms with van der Waals surface area (Å²) in [5.41, 5.74) is 0.702. The Kier molecular flexibility index (Phi) is 5.03. The maximum atomic E-state index is 13.0. The van der Waals surface area contributed by atoms with E-state index in [0.29, 0.717) is 17.4 Å². The lowest BCUT2D eigenvalue weighted by Crippen LogP contribution is -2.43. The first-order valence-electron chi connectivity index (χ1n) is 9.73. The van der Waals surface area contributed by atoms with Gasteiger partial charge in [-0.2, -0.15) is 5.10 Å². The standard InChI is InChI=1S/C20H29N5O3/c1-22(2)12-20-13-24(10-16-4-5-17(11-26)28-16)8-15(20)9-25(14-20)19(27)18-6-7-21-23(18)3/h4-7,15,26H,8-14H2,1-3H3. The summed E-state index contributed by atoms with van der Waals surface area (Å²) in [5.74, 6) is 1.98. The summed E-state index contributed by atoms with van der Waals surface area (Å²) in [6, 6.07) is 5.56. The predicted octanol–water partition coefficient (Wildman–Crippen LogP) is 0.641. The number of nitrogens with zero attached hydrogens (tertiary/aromatic N) is 5. The quantitative estimate of drug-likeness (QED) is 0.784. The number of hydrogen-bond acceptors (Lipinski definition) is 6. The van der Waals surface area contributed by atoms with Crippen LogP contribution < -0.4 is 0 Å². The SMILES string of the molecule is CN(C)CC12CN(Cc3ccc(CO)o3)CC1CN(C(=O)c1ccnn1C)C2. The average molecular weight is 387 g/mol. The maximum absolute atomic E-state index is 13.0. The molecule has 1 amide bonds. The Morgan fingerprint density at radius 1 is 1.29 bits per heavy atom. The van der Waals surface area contributed by atoms with Crippen LogP contribution in [0, 0.1) is 11.3 Å². The van der Waals surface area contributed by atoms with Crippen molar-refractivity contribution in [3.63, 3.8) is 0 Å². The van der Waals surface area contributed by atoms with Crippen LogP contribution in [0.4, 0.5) is 0 Å². The second kappa shape index (κ2) is 7.35. The van der Waals surface area contributed by atoms with Gasteiger partial charge < -0.3 is 19.3 Å². The van der Waals surface area contributed by atoms with E-state index < -0.39 is 0 Å². The largest absolute Gasteiger partial charge is 0.462 e. The van der Waals surface area contributed by atoms with Crippen molar-refractivity contribution < 1.29 is 14.3 Å². The highest BCUT2D eigenvalue weighted by Crippen LogP contribution is 2.43. The molecule has 4 heterocycles. The summed E-state index contributed by atoms with van der Waals surface area (Å²) >= 11 is 0. The Balaban J connectivity index is 1.49. The molecule has 0 radical (unpaired) electrons. The molecule has 2 saturated heterocycles. The Morgan fingerprint density at radius 3 is 2.71 bits per heavy atom. The molecule has 0 bridgehead atoms. The molecule has 28 heavy (non-hydrogen) atoms. The van der Waals surface area contributed by atoms with Gasteiger partial charge in [-0.1, -0.05) is 0 Å². The van der Waals surface area contributed by atoms with E-state index in [-0.39, 0.29) is 17.9 Å². The predicted molar refractivity (Wildman–Crippen MR) is 103 cm³/mol. The fourth-order valence-electron chi connectivity index (χ4n) is 4.98. The van der Waals surface area contributed by atoms with Crippen LogP contribution in [-0.4, -0.2) is 82.3 Å². The molecule has 0 aromatic carbocycles. The molecule has 2 fully saturated rings. The highest BCUT2D eigenvalue weighted by molar-refractivity contribution is 5.92. The summed E-state index contributed by atoms with van der Waals surface area (Å²) < 4.78 is 7.33. The summed E-state index contributed by atoms with van der Waals surface area (Å²) in [6.45, 7) is 5.02. The molecular weight excluding hydrogens is 358 g/mol. The average Bonchev–Trinajstić information content (AvgIpc) is 3.37. The number of amides is 1. The first-order chi connectivity index (χ1) is 13.4. The van der Waals surface area contributed by atoms with Crippen molar-refractivity contribution >= 4 is 5.91 Å². The zero-order chi connectivity index (χ0) is 19.9. The van der Waals surface area contributed by atoms with Crippen molar-refractivity contribution in [2.24, 2.45) is 18.4 Å². The summed E-state index contributed by atoms with van der Waals surface area (Å²) in [6.07, 6.45) is 1.67. The first kappa shape index (κ1) is 19.2. The van der Waals surface area contributed by atoms with Gasteiger partial charge in [0.25, 0.3) is 5.91 Å². The third-order valence-corrected chi connectivity index (χ3v) is 6.04. The topological polar surface area (TPSA) is 78.0 Å². The van der Waals surface area contributed by atoms with E-state index in [4.69, 9.17) is 4.42 Å². The highest BCUT2D eigenvalue weighted by Gasteiger charge is 2.53. The van der Waals surface area contributed by atoms with Gasteiger partial charge in [-0.15, -0.1) is 0 Å². The number of aliphatic hydroxyl groups excluding tert-OH is 1. The van der Waals surface area contributed by atoms with Crippen molar-refractivity contribution in [1.82, 2.24) is 24.5 Å². The maximum Gasteiger partial charge on any atom is 0.272 e. The normalized spacial score (nSPS) is 25.0. The molecule has 2 atom stereocenters. The molecule has 0 aliphatic carbocycles. The zero-order valence-electron chi connectivity index (χ0n) is 16.8. The molecule has 1 N–H and O–H groups in total. The van der Waals surface area contributed by atoms with Gasteiger partial charge in [-0.05, 0) is 38.2 Å². The van der Waals surface area contributed by atoms with Gasteiger partial charge in [-0.25, -0.2) is 0 Å². The number of aryl methyl sites for hydroxylation is 1. The van der Waals surface area contributed by atoms with Crippen molar-refractivity contribution in [3.05, 3.63) is 41.6 Å². The fraction of sp³-hybridized carbons (Fsp3) is 0.600. The van der Waals surface area contributed by atoms with Crippen molar-refractivity contribution in [2.75, 3.05) is 46.8 Å². The Hall–Kier alpha value is -2.16. The van der Waals surface area contributed by atoms with Crippen LogP contribution >= 0.6 is 0 Å². The number of carbonyl (C=O) groups is 1. The lowest BCUT2D eigenvalue weighted by atomic mass is 9.80. The van der Waals surface area contributed by atoms with Crippen molar-refractivity contribution in [1.29, 1.82) is 0 Å². The minimum Gasteiger partial charge on any atom is -0.462 e. The molecule has 2 aromatic rings. The van der Waals surface area contributed by atoms with E-state index in [9.17, 15) is 9.90 Å². The molecule has 2 unspecified atom stereocenters. The Labute approximate surface area is 165 Å². The van der Waals surface area contributed by atoms with Crippen LogP contribution in [0.2, 0.25) is 0 Å². The second-order valence-electron chi connectivity index (χ2n) is 8.52. The van der Waals surface area contributed by atoms with Gasteiger partial charge in [0, 0.05) is 51.4 Å². The third kappa shape index (κ3) is 3.47. The lowest BCUT2D eigenvalue weighted by molar-refractivity contribution is 0.0735. The summed E-state index contributed by atoms with van der Waals surface area (Å²) in [4.78, 5) is 19.6. The molecular formula is C20H29N5O3. The number of aromatic nitrogens is 2. The van der Waals surface area contributed by atoms with E-state index in [0.717, 1.165) is 45.0 Å². The molecule has 2 aliphatic rings. The van der Waals surface area contributed by atoms with E-state index in [1.54, 1.807) is 16.9 Å². The van der Waals surface area contributed by atoms with Crippen LogP contribution in [0.15, 0.2) is 28.8 Å². The third-order valence-electron chi connectivity index (χ3n) is 6.04. The molecule has 2 aromatic heterocycles. The monoisotopic (exact) mass is 387 g/mol. The highest BCUT2D eigenvalue weighted by atomic mass is 16.4. The Bertz CT molecular complexity index is 845. The molecule has 0 saturated carbocycles. The summed E-state index contributed by atoms with van der Waals surface area (Å²) in [5, 5.41) is 13.3. The zero-order valence-corrected chi connectivity index (χ0v) is 16.8. The molecule has 2 aliphatic heterocycles. The van der Waals surface area contributed by atoms with E-state index in [2.05, 4.69) is 29.0 Å². The lowest BCUT2D eigenvalue weighted by Gasteiger charge is -2.32. The number of carbonyl (C=O) groups excluding carboxylic acids is 1. The van der Waals surface area contributed by atoms with E-state index >= 15 is 0 Å². The number of likely N-dealkylation sites (tertiary alicyclic amines) is 2. The fourth-order valence-corrected chi connectivity index (χ4v) is 4.98. The molecule has 0 spiro atoms. The van der Waals surface area contributed by atoms with Crippen LogP contribution in [0.3, 0.4) is 0 Å². The number of hydrogen-bond donors (Lipinski definition) is 1. The van der Waals surface area contributed by atoms with Crippen LogP contribution in [0.5, 0.6) is 0 Å². The molecule has 8 heteroatoms. The molecule has 152 valence electrons. The smallest absolute Gasteiger partial charge is 0.272 e. The number of furan rings is 1. The van der Waals surface area contributed by atoms with E-state index in [1.807, 2.05) is 24.1 Å². The number of aliphatic hydroxyl groups is 1. The number of fused-ring (bicyclic) bond motifs is 1. The number of rotatable bonds is 6. The minimum absolute atomic E-state index is 0.0597. The second-order valence-corrected chi connectivity index (χ2v) is 8.52. The Morgan fingerprint density at radius 2 is 2.07 bits per heavy atom. The molecule has 4 rings (SSSR count). The van der Waals surface area contributed by atoms with Gasteiger partial charge >= 0.3 is 0 Å². The van der Waals surface area contributed by atoms with Crippen LogP contribution in [-0.2, 0) is 20.2 Å². The van der Waals surface area contributed by atoms with Gasteiger partial charge in [0.1, 0.15) is 23.8 Å². The minimum atomic E-state index is -0.0712. The van der Waals surface area contributed by atoms with Gasteiger partial charge in [0.2, 0.25) is 0 Å². The van der Waals surface area contributed by atoms with Crippen LogP contribution in [0.25, 0.3) is 0 Å². The van der Waals surface area contributed by atoms with Crippen molar-refractivity contribution in [2.45, 2.75) is 13.2 Å². The van der Waals surface area contributed by atoms with Gasteiger partial charge in [0.15, 0.2) is 0 Å². The van der Waals surface area contributed by atoms with E-state index in [1.165, 1.54) is 0 Å². The van der Waals surface area contributed by atoms with Crippen LogP contribution in [0.1, 0.15) is 22.0 Å². The first-order valence-corrected chi connectivity index (χ1v) is 9.73. The van der Waals surface area contributed by atoms with Gasteiger partial charge in [-0.3, -0.25) is 14.4 Å². The summed E-state index contributed by atoms with van der Waals surface area (Å²) in [7, 11) is 6.01.